The third-order valence-electron chi connectivity index (χ3n) is 6.09. The first-order valence-electron chi connectivity index (χ1n) is 10.9. The molecule has 7 heteroatoms. The highest BCUT2D eigenvalue weighted by atomic mass is 35.5. The summed E-state index contributed by atoms with van der Waals surface area (Å²) in [6.45, 7) is 4.92. The Morgan fingerprint density at radius 2 is 1.82 bits per heavy atom. The van der Waals surface area contributed by atoms with E-state index in [0.717, 1.165) is 27.9 Å². The number of amides is 3. The number of thioether (sulfide) groups is 1. The molecule has 1 saturated heterocycles. The van der Waals surface area contributed by atoms with E-state index in [1.54, 1.807) is 15.9 Å². The minimum Gasteiger partial charge on any atom is -0.308 e. The van der Waals surface area contributed by atoms with Crippen molar-refractivity contribution in [2.45, 2.75) is 25.3 Å². The number of halogens is 1. The highest BCUT2D eigenvalue weighted by Crippen LogP contribution is 2.55. The molecular weight excluding hydrogens is 454 g/mol. The SMILES string of the molecule is Cc1cccc(CN2C(=O)[C@]3(SCCN3C(=O)Nc3cccc(C)c3)c3cc(Cl)ccc32)c1. The van der Waals surface area contributed by atoms with Crippen molar-refractivity contribution in [2.75, 3.05) is 22.5 Å². The van der Waals surface area contributed by atoms with Gasteiger partial charge in [-0.3, -0.25) is 9.69 Å². The zero-order valence-corrected chi connectivity index (χ0v) is 20.0. The molecule has 3 aromatic rings. The summed E-state index contributed by atoms with van der Waals surface area (Å²) in [4.78, 5) is 29.8. The number of carbonyl (C=O) groups excluding carboxylic acids is 2. The molecule has 3 aromatic carbocycles. The average Bonchev–Trinajstić information content (AvgIpc) is 3.31. The number of anilines is 2. The summed E-state index contributed by atoms with van der Waals surface area (Å²) >= 11 is 7.87. The van der Waals surface area contributed by atoms with Crippen LogP contribution in [0.25, 0.3) is 0 Å². The summed E-state index contributed by atoms with van der Waals surface area (Å²) in [5, 5.41) is 3.53. The number of hydrogen-bond acceptors (Lipinski definition) is 3. The van der Waals surface area contributed by atoms with Gasteiger partial charge in [-0.25, -0.2) is 4.79 Å². The Bertz CT molecular complexity index is 1260. The summed E-state index contributed by atoms with van der Waals surface area (Å²) in [7, 11) is 0. The van der Waals surface area contributed by atoms with Crippen molar-refractivity contribution < 1.29 is 9.59 Å². The first-order chi connectivity index (χ1) is 15.9. The van der Waals surface area contributed by atoms with E-state index in [1.807, 2.05) is 68.4 Å². The predicted octanol–water partition coefficient (Wildman–Crippen LogP) is 5.94. The molecule has 0 aliphatic carbocycles. The van der Waals surface area contributed by atoms with Crippen molar-refractivity contribution in [3.8, 4) is 0 Å². The minimum absolute atomic E-state index is 0.108. The molecule has 33 heavy (non-hydrogen) atoms. The van der Waals surface area contributed by atoms with Crippen LogP contribution in [-0.2, 0) is 16.2 Å². The number of hydrogen-bond donors (Lipinski definition) is 1. The summed E-state index contributed by atoms with van der Waals surface area (Å²) in [6, 6.07) is 21.0. The maximum Gasteiger partial charge on any atom is 0.323 e. The van der Waals surface area contributed by atoms with Gasteiger partial charge in [0, 0.05) is 28.6 Å². The van der Waals surface area contributed by atoms with Crippen molar-refractivity contribution in [1.29, 1.82) is 0 Å². The zero-order chi connectivity index (χ0) is 23.2. The van der Waals surface area contributed by atoms with Crippen LogP contribution in [0.2, 0.25) is 5.02 Å². The largest absolute Gasteiger partial charge is 0.323 e. The fraction of sp³-hybridized carbons (Fsp3) is 0.231. The Labute approximate surface area is 202 Å². The Kier molecular flexibility index (Phi) is 5.59. The lowest BCUT2D eigenvalue weighted by molar-refractivity contribution is -0.123. The highest BCUT2D eigenvalue weighted by molar-refractivity contribution is 8.01. The molecule has 5 rings (SSSR count). The van der Waals surface area contributed by atoms with Crippen molar-refractivity contribution in [1.82, 2.24) is 4.90 Å². The van der Waals surface area contributed by atoms with Crippen molar-refractivity contribution in [3.05, 3.63) is 94.0 Å². The van der Waals surface area contributed by atoms with E-state index in [-0.39, 0.29) is 11.9 Å². The van der Waals surface area contributed by atoms with E-state index in [1.165, 1.54) is 11.8 Å². The topological polar surface area (TPSA) is 52.7 Å². The monoisotopic (exact) mass is 477 g/mol. The number of urea groups is 1. The van der Waals surface area contributed by atoms with Crippen LogP contribution in [0.5, 0.6) is 0 Å². The molecular formula is C26H24ClN3O2S. The second-order valence-electron chi connectivity index (χ2n) is 8.49. The second-order valence-corrected chi connectivity index (χ2v) is 10.2. The quantitative estimate of drug-likeness (QED) is 0.508. The fourth-order valence-corrected chi connectivity index (χ4v) is 6.28. The van der Waals surface area contributed by atoms with Gasteiger partial charge in [-0.15, -0.1) is 11.8 Å². The summed E-state index contributed by atoms with van der Waals surface area (Å²) in [5.74, 6) is 0.556. The second kappa shape index (κ2) is 8.43. The predicted molar refractivity (Wildman–Crippen MR) is 135 cm³/mol. The highest BCUT2D eigenvalue weighted by Gasteiger charge is 2.59. The van der Waals surface area contributed by atoms with Gasteiger partial charge in [0.2, 0.25) is 0 Å². The normalized spacial score (nSPS) is 19.3. The third-order valence-corrected chi connectivity index (χ3v) is 7.75. The van der Waals surface area contributed by atoms with Gasteiger partial charge < -0.3 is 10.2 Å². The molecule has 5 nitrogen and oxygen atoms in total. The van der Waals surface area contributed by atoms with Gasteiger partial charge >= 0.3 is 6.03 Å². The fourth-order valence-electron chi connectivity index (χ4n) is 4.65. The summed E-state index contributed by atoms with van der Waals surface area (Å²) in [6.07, 6.45) is 0. The van der Waals surface area contributed by atoms with Gasteiger partial charge in [-0.2, -0.15) is 0 Å². The number of carbonyl (C=O) groups is 2. The van der Waals surface area contributed by atoms with Gasteiger partial charge in [0.1, 0.15) is 0 Å². The molecule has 0 saturated carbocycles. The number of aryl methyl sites for hydroxylation is 2. The molecule has 1 spiro atoms. The van der Waals surface area contributed by atoms with Crippen LogP contribution in [-0.4, -0.2) is 29.1 Å². The van der Waals surface area contributed by atoms with Crippen molar-refractivity contribution in [2.24, 2.45) is 0 Å². The van der Waals surface area contributed by atoms with Crippen molar-refractivity contribution in [3.63, 3.8) is 0 Å². The smallest absolute Gasteiger partial charge is 0.308 e. The van der Waals surface area contributed by atoms with Gasteiger partial charge in [-0.05, 0) is 55.3 Å². The number of benzene rings is 3. The lowest BCUT2D eigenvalue weighted by atomic mass is 10.1. The van der Waals surface area contributed by atoms with E-state index in [4.69, 9.17) is 11.6 Å². The molecule has 1 N–H and O–H groups in total. The molecule has 1 fully saturated rings. The third kappa shape index (κ3) is 3.77. The van der Waals surface area contributed by atoms with E-state index in [0.29, 0.717) is 29.6 Å². The molecule has 168 valence electrons. The molecule has 2 aliphatic heterocycles. The Morgan fingerprint density at radius 3 is 2.58 bits per heavy atom. The van der Waals surface area contributed by atoms with Gasteiger partial charge in [0.15, 0.2) is 4.87 Å². The maximum absolute atomic E-state index is 14.0. The van der Waals surface area contributed by atoms with E-state index >= 15 is 0 Å². The first kappa shape index (κ1) is 21.9. The number of fused-ring (bicyclic) bond motifs is 2. The Balaban J connectivity index is 1.54. The molecule has 2 aliphatic rings. The van der Waals surface area contributed by atoms with Crippen LogP contribution < -0.4 is 10.2 Å². The van der Waals surface area contributed by atoms with Crippen LogP contribution in [0, 0.1) is 13.8 Å². The minimum atomic E-state index is -1.13. The maximum atomic E-state index is 14.0. The van der Waals surface area contributed by atoms with E-state index in [2.05, 4.69) is 11.4 Å². The summed E-state index contributed by atoms with van der Waals surface area (Å²) < 4.78 is 0. The van der Waals surface area contributed by atoms with Crippen LogP contribution in [0.3, 0.4) is 0 Å². The Morgan fingerprint density at radius 1 is 1.06 bits per heavy atom. The molecule has 1 atom stereocenters. The van der Waals surface area contributed by atoms with E-state index in [9.17, 15) is 9.59 Å². The van der Waals surface area contributed by atoms with Gasteiger partial charge in [0.25, 0.3) is 5.91 Å². The molecule has 0 radical (unpaired) electrons. The lowest BCUT2D eigenvalue weighted by Gasteiger charge is -2.33. The van der Waals surface area contributed by atoms with E-state index < -0.39 is 4.87 Å². The molecule has 3 amide bonds. The lowest BCUT2D eigenvalue weighted by Crippen LogP contribution is -2.51. The van der Waals surface area contributed by atoms with Crippen LogP contribution in [0.1, 0.15) is 22.3 Å². The molecule has 0 aromatic heterocycles. The molecule has 0 unspecified atom stereocenters. The van der Waals surface area contributed by atoms with Crippen LogP contribution in [0.4, 0.5) is 16.2 Å². The van der Waals surface area contributed by atoms with Gasteiger partial charge in [0.05, 0.1) is 12.2 Å². The Hall–Kier alpha value is -2.96. The van der Waals surface area contributed by atoms with Crippen LogP contribution in [0.15, 0.2) is 66.7 Å². The first-order valence-corrected chi connectivity index (χ1v) is 12.2. The molecule has 2 heterocycles. The van der Waals surface area contributed by atoms with Crippen LogP contribution >= 0.6 is 23.4 Å². The molecule has 0 bridgehead atoms. The average molecular weight is 478 g/mol. The zero-order valence-electron chi connectivity index (χ0n) is 18.5. The summed E-state index contributed by atoms with van der Waals surface area (Å²) in [5.41, 5.74) is 5.51. The number of rotatable bonds is 3. The number of nitrogens with zero attached hydrogens (tertiary/aromatic N) is 2. The standard InChI is InChI=1S/C26H24ClN3O2S/c1-17-5-3-7-19(13-17)16-29-23-10-9-20(27)15-22(23)26(24(29)31)30(11-12-33-26)25(32)28-21-8-4-6-18(2)14-21/h3-10,13-15H,11-12,16H2,1-2H3,(H,28,32)/t26-/m1/s1. The van der Waals surface area contributed by atoms with Crippen molar-refractivity contribution >= 4 is 46.7 Å². The van der Waals surface area contributed by atoms with Gasteiger partial charge in [-0.1, -0.05) is 53.6 Å². The number of nitrogens with one attached hydrogen (secondary N) is 1.